The molecule has 0 nitrogen and oxygen atoms in total. The summed E-state index contributed by atoms with van der Waals surface area (Å²) in [6, 6.07) is 13.4. The maximum atomic E-state index is 3.00. The molecule has 0 radical (unpaired) electrons. The molecule has 0 amide bonds. The Labute approximate surface area is 163 Å². The van der Waals surface area contributed by atoms with Gasteiger partial charge >= 0.3 is 26.2 Å². The van der Waals surface area contributed by atoms with Crippen LogP contribution in [-0.4, -0.2) is 0 Å². The third-order valence-electron chi connectivity index (χ3n) is 4.30. The van der Waals surface area contributed by atoms with Crippen LogP contribution >= 0.6 is 0 Å². The molecule has 0 saturated carbocycles. The fraction of sp³-hybridized carbons (Fsp3) is 0.364. The third-order valence-corrected chi connectivity index (χ3v) is 4.30. The van der Waals surface area contributed by atoms with Crippen molar-refractivity contribution in [2.45, 2.75) is 51.4 Å². The van der Waals surface area contributed by atoms with Gasteiger partial charge in [-0.1, -0.05) is 51.4 Å². The zero-order valence-corrected chi connectivity index (χ0v) is 17.5. The molecule has 0 bridgehead atoms. The Bertz CT molecular complexity index is 416. The fourth-order valence-corrected chi connectivity index (χ4v) is 3.23. The molecule has 124 valence electrons. The topological polar surface area (TPSA) is 0 Å². The Morgan fingerprint density at radius 3 is 1.35 bits per heavy atom. The van der Waals surface area contributed by atoms with E-state index >= 15 is 0 Å². The van der Waals surface area contributed by atoms with Crippen molar-refractivity contribution in [2.75, 3.05) is 0 Å². The Morgan fingerprint density at radius 1 is 0.652 bits per heavy atom. The first-order valence-corrected chi connectivity index (χ1v) is 7.90. The van der Waals surface area contributed by atoms with Crippen molar-refractivity contribution in [3.8, 4) is 0 Å². The van der Waals surface area contributed by atoms with Gasteiger partial charge in [-0.2, -0.15) is 46.5 Å². The van der Waals surface area contributed by atoms with Crippen LogP contribution in [0.2, 0.25) is 0 Å². The molecule has 2 aromatic carbocycles. The van der Waals surface area contributed by atoms with Gasteiger partial charge in [-0.15, -0.1) is 13.2 Å². The van der Waals surface area contributed by atoms with Gasteiger partial charge in [0, 0.05) is 0 Å². The Kier molecular flexibility index (Phi) is 14.7. The van der Waals surface area contributed by atoms with Crippen LogP contribution < -0.4 is 0 Å². The van der Waals surface area contributed by atoms with Gasteiger partial charge in [0.15, 0.2) is 0 Å². The summed E-state index contributed by atoms with van der Waals surface area (Å²) in [4.78, 5) is 0. The molecule has 0 aliphatic heterocycles. The van der Waals surface area contributed by atoms with Crippen molar-refractivity contribution >= 4 is 0 Å². The first-order chi connectivity index (χ1) is 9.93. The van der Waals surface area contributed by atoms with Gasteiger partial charge in [0.2, 0.25) is 0 Å². The van der Waals surface area contributed by atoms with E-state index in [-0.39, 0.29) is 41.1 Å². The maximum Gasteiger partial charge on any atom is 4.00 e. The van der Waals surface area contributed by atoms with Gasteiger partial charge in [-0.3, -0.25) is 0 Å². The van der Waals surface area contributed by atoms with Crippen LogP contribution in [0.15, 0.2) is 49.6 Å². The quantitative estimate of drug-likeness (QED) is 0.369. The Morgan fingerprint density at radius 2 is 1.00 bits per heavy atom. The molecule has 0 aromatic heterocycles. The molecule has 23 heavy (non-hydrogen) atoms. The van der Waals surface area contributed by atoms with Crippen LogP contribution in [0.4, 0.5) is 0 Å². The molecule has 0 atom stereocenters. The van der Waals surface area contributed by atoms with E-state index in [0.29, 0.717) is 0 Å². The minimum atomic E-state index is 0. The van der Waals surface area contributed by atoms with E-state index in [9.17, 15) is 0 Å². The van der Waals surface area contributed by atoms with Crippen LogP contribution in [-0.2, 0) is 51.9 Å². The number of hydrogen-bond donors (Lipinski definition) is 0. The second kappa shape index (κ2) is 13.7. The zero-order valence-electron chi connectivity index (χ0n) is 15.0. The molecular weight excluding hydrogens is 355 g/mol. The van der Waals surface area contributed by atoms with Gasteiger partial charge in [0.1, 0.15) is 0 Å². The summed E-state index contributed by atoms with van der Waals surface area (Å²) < 4.78 is 0. The van der Waals surface area contributed by atoms with E-state index in [1.165, 1.54) is 51.4 Å². The van der Waals surface area contributed by atoms with Crippen LogP contribution in [0.5, 0.6) is 0 Å². The van der Waals surface area contributed by atoms with Gasteiger partial charge in [-0.25, -0.2) is 12.1 Å². The first-order valence-electron chi connectivity index (χ1n) is 7.90. The number of fused-ring (bicyclic) bond motifs is 2. The fourth-order valence-electron chi connectivity index (χ4n) is 3.23. The first kappa shape index (κ1) is 24.6. The minimum Gasteiger partial charge on any atom is -0.358 e. The molecule has 4 rings (SSSR count). The maximum absolute atomic E-state index is 3.00. The van der Waals surface area contributed by atoms with Crippen molar-refractivity contribution in [3.63, 3.8) is 0 Å². The van der Waals surface area contributed by atoms with Crippen molar-refractivity contribution in [1.82, 2.24) is 0 Å². The Balaban J connectivity index is 0. The SMILES string of the molecule is C=C.[CH3-].[CH3-].[Zr+4].c1cc2c([cH-]1)CCCC2.c1cc2c([cH-]1)CCCC2. The monoisotopic (exact) mass is 386 g/mol. The molecule has 1 heteroatoms. The molecule has 0 saturated heterocycles. The van der Waals surface area contributed by atoms with Gasteiger partial charge in [0.05, 0.1) is 0 Å². The smallest absolute Gasteiger partial charge is 0.358 e. The van der Waals surface area contributed by atoms with E-state index < -0.39 is 0 Å². The second-order valence-corrected chi connectivity index (χ2v) is 5.57. The predicted octanol–water partition coefficient (Wildman–Crippen LogP) is 6.27. The van der Waals surface area contributed by atoms with E-state index in [1.54, 1.807) is 22.3 Å². The van der Waals surface area contributed by atoms with Gasteiger partial charge in [-0.05, 0) is 0 Å². The zero-order chi connectivity index (χ0) is 14.2. The van der Waals surface area contributed by atoms with Crippen LogP contribution in [0.1, 0.15) is 47.9 Å². The summed E-state index contributed by atoms with van der Waals surface area (Å²) in [5.41, 5.74) is 6.39. The van der Waals surface area contributed by atoms with Crippen LogP contribution in [0.25, 0.3) is 0 Å². The molecule has 0 N–H and O–H groups in total. The van der Waals surface area contributed by atoms with E-state index in [0.717, 1.165) is 0 Å². The van der Waals surface area contributed by atoms with Crippen LogP contribution in [0, 0.1) is 14.9 Å². The van der Waals surface area contributed by atoms with E-state index in [4.69, 9.17) is 0 Å². The summed E-state index contributed by atoms with van der Waals surface area (Å²) in [6.45, 7) is 6.00. The normalized spacial score (nSPS) is 13.7. The third kappa shape index (κ3) is 7.17. The van der Waals surface area contributed by atoms with Crippen molar-refractivity contribution in [2.24, 2.45) is 0 Å². The molecule has 2 aliphatic carbocycles. The minimum absolute atomic E-state index is 0. The predicted molar refractivity (Wildman–Crippen MR) is 101 cm³/mol. The molecule has 0 heterocycles. The van der Waals surface area contributed by atoms with Gasteiger partial charge < -0.3 is 14.9 Å². The van der Waals surface area contributed by atoms with Crippen molar-refractivity contribution < 1.29 is 26.2 Å². The van der Waals surface area contributed by atoms with Crippen molar-refractivity contribution in [3.05, 3.63) is 86.7 Å². The molecular formula is C22H32Zr. The van der Waals surface area contributed by atoms with Crippen LogP contribution in [0.3, 0.4) is 0 Å². The van der Waals surface area contributed by atoms with E-state index in [1.807, 2.05) is 0 Å². The summed E-state index contributed by atoms with van der Waals surface area (Å²) in [7, 11) is 0. The van der Waals surface area contributed by atoms with Crippen molar-refractivity contribution in [1.29, 1.82) is 0 Å². The summed E-state index contributed by atoms with van der Waals surface area (Å²) in [6.07, 6.45) is 10.9. The molecule has 2 aliphatic rings. The van der Waals surface area contributed by atoms with E-state index in [2.05, 4.69) is 49.6 Å². The second-order valence-electron chi connectivity index (χ2n) is 5.57. The van der Waals surface area contributed by atoms with Gasteiger partial charge in [0.25, 0.3) is 0 Å². The largest absolute Gasteiger partial charge is 4.00 e. The molecule has 2 aromatic rings. The Hall–Kier alpha value is -0.677. The summed E-state index contributed by atoms with van der Waals surface area (Å²) >= 11 is 0. The number of hydrogen-bond acceptors (Lipinski definition) is 0. The molecule has 0 spiro atoms. The molecule has 0 fully saturated rings. The summed E-state index contributed by atoms with van der Waals surface area (Å²) in [5.74, 6) is 0. The average Bonchev–Trinajstić information content (AvgIpc) is 3.18. The standard InChI is InChI=1S/2C9H11.C2H4.2CH3.Zr/c2*1-2-5-9-7-3-6-8(9)4-1;1-2;;;/h2*3,6-7H,1-2,4-5H2;1-2H2;2*1H3;/q2*-1;;2*-1;+4. The molecule has 0 unspecified atom stereocenters. The average molecular weight is 388 g/mol. The number of rotatable bonds is 0. The summed E-state index contributed by atoms with van der Waals surface area (Å²) in [5, 5.41) is 0. The number of aryl methyl sites for hydroxylation is 4.